The van der Waals surface area contributed by atoms with Gasteiger partial charge in [-0.2, -0.15) is 4.31 Å². The summed E-state index contributed by atoms with van der Waals surface area (Å²) in [6.45, 7) is 4.34. The summed E-state index contributed by atoms with van der Waals surface area (Å²) in [6.07, 6.45) is 3.77. The Hall–Kier alpha value is -2.38. The molecule has 3 aliphatic rings. The first kappa shape index (κ1) is 20.5. The van der Waals surface area contributed by atoms with Crippen LogP contribution in [0.25, 0.3) is 0 Å². The Morgan fingerprint density at radius 2 is 1.68 bits per heavy atom. The van der Waals surface area contributed by atoms with Gasteiger partial charge in [-0.25, -0.2) is 8.42 Å². The molecule has 0 bridgehead atoms. The molecule has 0 radical (unpaired) electrons. The molecule has 1 saturated heterocycles. The summed E-state index contributed by atoms with van der Waals surface area (Å²) in [7, 11) is -3.55. The molecule has 7 heteroatoms. The van der Waals surface area contributed by atoms with Crippen molar-refractivity contribution in [2.75, 3.05) is 36.0 Å². The lowest BCUT2D eigenvalue weighted by Crippen LogP contribution is -2.48. The number of benzene rings is 2. The molecule has 1 atom stereocenters. The molecule has 31 heavy (non-hydrogen) atoms. The van der Waals surface area contributed by atoms with E-state index in [1.54, 1.807) is 16.4 Å². The number of hydrogen-bond acceptors (Lipinski definition) is 4. The van der Waals surface area contributed by atoms with Gasteiger partial charge in [0.2, 0.25) is 15.9 Å². The number of nitrogens with zero attached hydrogens (tertiary/aromatic N) is 3. The first-order valence-electron chi connectivity index (χ1n) is 11.2. The molecule has 2 aromatic carbocycles. The molecule has 1 aliphatic carbocycles. The maximum Gasteiger partial charge on any atom is 0.243 e. The summed E-state index contributed by atoms with van der Waals surface area (Å²) in [5.41, 5.74) is 2.98. The van der Waals surface area contributed by atoms with E-state index in [4.69, 9.17) is 0 Å². The topological polar surface area (TPSA) is 60.9 Å². The Balaban J connectivity index is 1.33. The van der Waals surface area contributed by atoms with Gasteiger partial charge in [0.05, 0.1) is 4.90 Å². The Kier molecular flexibility index (Phi) is 5.26. The lowest BCUT2D eigenvalue weighted by molar-refractivity contribution is -0.125. The van der Waals surface area contributed by atoms with E-state index in [1.165, 1.54) is 0 Å². The summed E-state index contributed by atoms with van der Waals surface area (Å²) in [6, 6.07) is 15.5. The zero-order valence-corrected chi connectivity index (χ0v) is 18.7. The van der Waals surface area contributed by atoms with Crippen LogP contribution in [-0.4, -0.2) is 50.9 Å². The van der Waals surface area contributed by atoms with Crippen molar-refractivity contribution in [3.63, 3.8) is 0 Å². The highest BCUT2D eigenvalue weighted by Gasteiger charge is 2.38. The predicted octanol–water partition coefficient (Wildman–Crippen LogP) is 3.28. The van der Waals surface area contributed by atoms with Gasteiger partial charge in [0.15, 0.2) is 0 Å². The van der Waals surface area contributed by atoms with Crippen LogP contribution < -0.4 is 9.80 Å². The average molecular weight is 440 g/mol. The van der Waals surface area contributed by atoms with Crippen LogP contribution in [0.15, 0.2) is 53.4 Å². The monoisotopic (exact) mass is 439 g/mol. The number of carbonyl (C=O) groups excluding carboxylic acids is 1. The zero-order valence-electron chi connectivity index (χ0n) is 17.9. The lowest BCUT2D eigenvalue weighted by Gasteiger charge is -2.35. The highest BCUT2D eigenvalue weighted by Crippen LogP contribution is 2.38. The minimum Gasteiger partial charge on any atom is -0.369 e. The fourth-order valence-electron chi connectivity index (χ4n) is 4.93. The van der Waals surface area contributed by atoms with E-state index in [1.807, 2.05) is 36.1 Å². The lowest BCUT2D eigenvalue weighted by atomic mass is 9.84. The van der Waals surface area contributed by atoms with Crippen molar-refractivity contribution < 1.29 is 13.2 Å². The molecule has 0 N–H and O–H groups in total. The molecular formula is C24H29N3O3S. The van der Waals surface area contributed by atoms with Gasteiger partial charge in [-0.1, -0.05) is 24.6 Å². The maximum absolute atomic E-state index is 13.3. The molecule has 0 aromatic heterocycles. The van der Waals surface area contributed by atoms with Crippen LogP contribution in [0.2, 0.25) is 0 Å². The molecule has 2 aromatic rings. The van der Waals surface area contributed by atoms with Gasteiger partial charge in [-0.05, 0) is 62.1 Å². The largest absolute Gasteiger partial charge is 0.369 e. The van der Waals surface area contributed by atoms with Crippen LogP contribution >= 0.6 is 0 Å². The Bertz CT molecular complexity index is 1070. The van der Waals surface area contributed by atoms with E-state index in [0.29, 0.717) is 37.5 Å². The van der Waals surface area contributed by atoms with Crippen LogP contribution in [0.5, 0.6) is 0 Å². The van der Waals surface area contributed by atoms with Gasteiger partial charge in [-0.3, -0.25) is 4.79 Å². The van der Waals surface area contributed by atoms with E-state index < -0.39 is 10.0 Å². The predicted molar refractivity (Wildman–Crippen MR) is 122 cm³/mol. The molecule has 2 fully saturated rings. The molecule has 1 saturated carbocycles. The summed E-state index contributed by atoms with van der Waals surface area (Å²) >= 11 is 0. The maximum atomic E-state index is 13.3. The highest BCUT2D eigenvalue weighted by molar-refractivity contribution is 7.89. The molecular weight excluding hydrogens is 410 g/mol. The minimum atomic E-state index is -3.55. The second-order valence-electron chi connectivity index (χ2n) is 8.91. The highest BCUT2D eigenvalue weighted by atomic mass is 32.2. The number of anilines is 2. The van der Waals surface area contributed by atoms with E-state index >= 15 is 0 Å². The van der Waals surface area contributed by atoms with Crippen LogP contribution in [0.3, 0.4) is 0 Å². The van der Waals surface area contributed by atoms with E-state index in [2.05, 4.69) is 17.0 Å². The Labute approximate surface area is 184 Å². The number of piperazine rings is 1. The van der Waals surface area contributed by atoms with E-state index in [0.717, 1.165) is 36.2 Å². The molecule has 0 unspecified atom stereocenters. The Morgan fingerprint density at radius 1 is 0.968 bits per heavy atom. The third-order valence-corrected chi connectivity index (χ3v) is 8.85. The van der Waals surface area contributed by atoms with Gasteiger partial charge in [0, 0.05) is 49.5 Å². The van der Waals surface area contributed by atoms with E-state index in [9.17, 15) is 13.2 Å². The van der Waals surface area contributed by atoms with Crippen molar-refractivity contribution in [3.8, 4) is 0 Å². The zero-order chi connectivity index (χ0) is 21.6. The van der Waals surface area contributed by atoms with Crippen LogP contribution in [0.1, 0.15) is 31.7 Å². The number of rotatable bonds is 4. The number of para-hydroxylation sites is 1. The summed E-state index contributed by atoms with van der Waals surface area (Å²) < 4.78 is 28.2. The number of fused-ring (bicyclic) bond motifs is 1. The number of hydrogen-bond donors (Lipinski definition) is 0. The Morgan fingerprint density at radius 3 is 2.32 bits per heavy atom. The third kappa shape index (κ3) is 3.64. The van der Waals surface area contributed by atoms with E-state index in [-0.39, 0.29) is 17.9 Å². The summed E-state index contributed by atoms with van der Waals surface area (Å²) in [5, 5.41) is 0. The second kappa shape index (κ2) is 7.95. The molecule has 2 heterocycles. The fourth-order valence-corrected chi connectivity index (χ4v) is 6.40. The normalized spacial score (nSPS) is 22.3. The first-order chi connectivity index (χ1) is 14.9. The van der Waals surface area contributed by atoms with Crippen molar-refractivity contribution in [2.45, 2.75) is 43.5 Å². The molecule has 0 spiro atoms. The SMILES string of the molecule is C[C@@H]1Cc2cc(S(=O)(=O)N3CCN(c4ccccc4)CC3)ccc2N1C(=O)C1CCC1. The second-order valence-corrected chi connectivity index (χ2v) is 10.8. The summed E-state index contributed by atoms with van der Waals surface area (Å²) in [5.74, 6) is 0.336. The molecule has 164 valence electrons. The van der Waals surface area contributed by atoms with Gasteiger partial charge >= 0.3 is 0 Å². The standard InChI is InChI=1S/C24H29N3O3S/c1-18-16-20-17-22(10-11-23(20)27(18)24(28)19-6-5-7-19)31(29,30)26-14-12-25(13-15-26)21-8-3-2-4-9-21/h2-4,8-11,17-19H,5-7,12-16H2,1H3/t18-/m1/s1. The average Bonchev–Trinajstić information content (AvgIpc) is 3.08. The minimum absolute atomic E-state index is 0.0791. The summed E-state index contributed by atoms with van der Waals surface area (Å²) in [4.78, 5) is 17.3. The fraction of sp³-hybridized carbons (Fsp3) is 0.458. The smallest absolute Gasteiger partial charge is 0.243 e. The number of sulfonamides is 1. The molecule has 2 aliphatic heterocycles. The molecule has 1 amide bonds. The van der Waals surface area contributed by atoms with Gasteiger partial charge < -0.3 is 9.80 Å². The quantitative estimate of drug-likeness (QED) is 0.734. The van der Waals surface area contributed by atoms with Crippen LogP contribution in [-0.2, 0) is 21.2 Å². The van der Waals surface area contributed by atoms with Crippen molar-refractivity contribution >= 4 is 27.3 Å². The van der Waals surface area contributed by atoms with Crippen LogP contribution in [0.4, 0.5) is 11.4 Å². The molecule has 6 nitrogen and oxygen atoms in total. The van der Waals surface area contributed by atoms with Crippen molar-refractivity contribution in [1.82, 2.24) is 4.31 Å². The van der Waals surface area contributed by atoms with Crippen molar-refractivity contribution in [2.24, 2.45) is 5.92 Å². The third-order valence-electron chi connectivity index (χ3n) is 6.96. The molecule has 5 rings (SSSR count). The van der Waals surface area contributed by atoms with Crippen molar-refractivity contribution in [1.29, 1.82) is 0 Å². The first-order valence-corrected chi connectivity index (χ1v) is 12.7. The number of amides is 1. The van der Waals surface area contributed by atoms with Gasteiger partial charge in [0.1, 0.15) is 0 Å². The van der Waals surface area contributed by atoms with Gasteiger partial charge in [-0.15, -0.1) is 0 Å². The van der Waals surface area contributed by atoms with Crippen molar-refractivity contribution in [3.05, 3.63) is 54.1 Å². The number of carbonyl (C=O) groups is 1. The van der Waals surface area contributed by atoms with Gasteiger partial charge in [0.25, 0.3) is 0 Å². The van der Waals surface area contributed by atoms with Crippen LogP contribution in [0, 0.1) is 5.92 Å².